The molecule has 0 radical (unpaired) electrons. The molecule has 0 spiro atoms. The average Bonchev–Trinajstić information content (AvgIpc) is 3.26. The fraction of sp³-hybridized carbons (Fsp3) is 0.476. The minimum atomic E-state index is -3.42. The summed E-state index contributed by atoms with van der Waals surface area (Å²) in [5.74, 6) is 0.744. The number of nitrogens with zero attached hydrogens (tertiary/aromatic N) is 2. The Labute approximate surface area is 178 Å². The van der Waals surface area contributed by atoms with Gasteiger partial charge in [-0.3, -0.25) is 0 Å². The zero-order valence-corrected chi connectivity index (χ0v) is 18.6. The average molecular weight is 435 g/mol. The van der Waals surface area contributed by atoms with Crippen LogP contribution < -0.4 is 10.6 Å². The van der Waals surface area contributed by atoms with Gasteiger partial charge in [-0.2, -0.15) is 4.31 Å². The lowest BCUT2D eigenvalue weighted by Gasteiger charge is -2.26. The van der Waals surface area contributed by atoms with Crippen LogP contribution in [0.1, 0.15) is 36.6 Å². The summed E-state index contributed by atoms with van der Waals surface area (Å²) in [6.45, 7) is 5.26. The third-order valence-electron chi connectivity index (χ3n) is 4.86. The van der Waals surface area contributed by atoms with Crippen LogP contribution in [0.5, 0.6) is 0 Å². The number of hydrogen-bond acceptors (Lipinski definition) is 4. The molecule has 1 fully saturated rings. The number of hydrogen-bond donors (Lipinski definition) is 2. The molecule has 1 aliphatic heterocycles. The van der Waals surface area contributed by atoms with Crippen LogP contribution in [-0.4, -0.2) is 44.9 Å². The van der Waals surface area contributed by atoms with Gasteiger partial charge >= 0.3 is 0 Å². The monoisotopic (exact) mass is 434 g/mol. The molecule has 0 atom stereocenters. The summed E-state index contributed by atoms with van der Waals surface area (Å²) in [5, 5.41) is 8.67. The molecule has 1 aliphatic rings. The highest BCUT2D eigenvalue weighted by molar-refractivity contribution is 7.89. The summed E-state index contributed by atoms with van der Waals surface area (Å²) < 4.78 is 27.4. The standard InChI is InChI=1S/C21H30N4O2S2/c1-2-22-21(23-12-11-19-9-7-15-28-19)24-17-18-8-6-10-20(16-18)29(26,27)25-13-4-3-5-14-25/h6-10,15-16H,2-5,11-14,17H2,1H3,(H2,22,23,24). The van der Waals surface area contributed by atoms with E-state index >= 15 is 0 Å². The molecule has 2 heterocycles. The highest BCUT2D eigenvalue weighted by Crippen LogP contribution is 2.21. The van der Waals surface area contributed by atoms with Crippen LogP contribution in [0, 0.1) is 0 Å². The molecule has 0 unspecified atom stereocenters. The summed E-state index contributed by atoms with van der Waals surface area (Å²) in [7, 11) is -3.42. The fourth-order valence-electron chi connectivity index (χ4n) is 3.33. The molecule has 29 heavy (non-hydrogen) atoms. The van der Waals surface area contributed by atoms with Gasteiger partial charge < -0.3 is 10.6 Å². The van der Waals surface area contributed by atoms with E-state index in [2.05, 4.69) is 33.1 Å². The number of sulfonamides is 1. The normalized spacial score (nSPS) is 16.0. The van der Waals surface area contributed by atoms with Crippen LogP contribution in [0.4, 0.5) is 0 Å². The van der Waals surface area contributed by atoms with Crippen molar-refractivity contribution >= 4 is 27.3 Å². The quantitative estimate of drug-likeness (QED) is 0.494. The third kappa shape index (κ3) is 6.29. The van der Waals surface area contributed by atoms with Gasteiger partial charge in [-0.05, 0) is 55.3 Å². The van der Waals surface area contributed by atoms with E-state index in [0.717, 1.165) is 50.3 Å². The molecule has 1 aromatic carbocycles. The van der Waals surface area contributed by atoms with Crippen molar-refractivity contribution in [1.82, 2.24) is 14.9 Å². The van der Waals surface area contributed by atoms with Gasteiger partial charge in [-0.15, -0.1) is 11.3 Å². The summed E-state index contributed by atoms with van der Waals surface area (Å²) in [4.78, 5) is 6.33. The number of piperidine rings is 1. The molecule has 3 rings (SSSR count). The highest BCUT2D eigenvalue weighted by Gasteiger charge is 2.25. The maximum atomic E-state index is 12.9. The van der Waals surface area contributed by atoms with Crippen LogP contribution in [0.15, 0.2) is 51.7 Å². The smallest absolute Gasteiger partial charge is 0.243 e. The summed E-state index contributed by atoms with van der Waals surface area (Å²) in [5.41, 5.74) is 0.888. The van der Waals surface area contributed by atoms with Gasteiger partial charge in [0.1, 0.15) is 0 Å². The molecule has 8 heteroatoms. The fourth-order valence-corrected chi connectivity index (χ4v) is 5.63. The molecule has 0 bridgehead atoms. The number of thiophene rings is 1. The molecule has 6 nitrogen and oxygen atoms in total. The molecular formula is C21H30N4O2S2. The first-order valence-corrected chi connectivity index (χ1v) is 12.5. The van der Waals surface area contributed by atoms with Crippen molar-refractivity contribution in [3.05, 3.63) is 52.2 Å². The highest BCUT2D eigenvalue weighted by atomic mass is 32.2. The Morgan fingerprint density at radius 3 is 2.69 bits per heavy atom. The second-order valence-corrected chi connectivity index (χ2v) is 10.0. The predicted molar refractivity (Wildman–Crippen MR) is 120 cm³/mol. The molecule has 158 valence electrons. The molecule has 0 amide bonds. The van der Waals surface area contributed by atoms with E-state index in [1.54, 1.807) is 33.8 Å². The molecule has 1 saturated heterocycles. The second-order valence-electron chi connectivity index (χ2n) is 7.06. The number of nitrogens with one attached hydrogen (secondary N) is 2. The van der Waals surface area contributed by atoms with Crippen LogP contribution >= 0.6 is 11.3 Å². The largest absolute Gasteiger partial charge is 0.357 e. The maximum absolute atomic E-state index is 12.9. The first kappa shape index (κ1) is 21.8. The zero-order chi connectivity index (χ0) is 20.5. The van der Waals surface area contributed by atoms with Crippen molar-refractivity contribution in [1.29, 1.82) is 0 Å². The minimum Gasteiger partial charge on any atom is -0.357 e. The zero-order valence-electron chi connectivity index (χ0n) is 16.9. The van der Waals surface area contributed by atoms with Crippen LogP contribution in [-0.2, 0) is 23.0 Å². The Morgan fingerprint density at radius 1 is 1.14 bits per heavy atom. The van der Waals surface area contributed by atoms with Crippen molar-refractivity contribution in [2.75, 3.05) is 26.2 Å². The van der Waals surface area contributed by atoms with E-state index in [1.807, 2.05) is 13.0 Å². The molecule has 2 aromatic rings. The molecule has 2 N–H and O–H groups in total. The Kier molecular flexibility index (Phi) is 8.09. The molecular weight excluding hydrogens is 404 g/mol. The summed E-state index contributed by atoms with van der Waals surface area (Å²) in [6.07, 6.45) is 3.93. The third-order valence-corrected chi connectivity index (χ3v) is 7.69. The molecule has 1 aromatic heterocycles. The lowest BCUT2D eigenvalue weighted by Crippen LogP contribution is -2.38. The Balaban J connectivity index is 1.63. The number of benzene rings is 1. The Hall–Kier alpha value is -1.90. The van der Waals surface area contributed by atoms with E-state index < -0.39 is 10.0 Å². The first-order chi connectivity index (χ1) is 14.1. The lowest BCUT2D eigenvalue weighted by molar-refractivity contribution is 0.346. The summed E-state index contributed by atoms with van der Waals surface area (Å²) in [6, 6.07) is 11.4. The van der Waals surface area contributed by atoms with Gasteiger partial charge in [0.15, 0.2) is 5.96 Å². The molecule has 0 saturated carbocycles. The van der Waals surface area contributed by atoms with Crippen LogP contribution in [0.3, 0.4) is 0 Å². The Morgan fingerprint density at radius 2 is 1.97 bits per heavy atom. The van der Waals surface area contributed by atoms with Gasteiger partial charge in [0.05, 0.1) is 11.4 Å². The number of guanidine groups is 1. The van der Waals surface area contributed by atoms with Crippen molar-refractivity contribution in [2.45, 2.75) is 44.0 Å². The number of rotatable bonds is 8. The van der Waals surface area contributed by atoms with Crippen molar-refractivity contribution in [3.63, 3.8) is 0 Å². The van der Waals surface area contributed by atoms with Gasteiger partial charge in [0, 0.05) is 31.1 Å². The maximum Gasteiger partial charge on any atom is 0.243 e. The van der Waals surface area contributed by atoms with Crippen molar-refractivity contribution in [3.8, 4) is 0 Å². The van der Waals surface area contributed by atoms with E-state index in [-0.39, 0.29) is 0 Å². The minimum absolute atomic E-state index is 0.364. The summed E-state index contributed by atoms with van der Waals surface area (Å²) >= 11 is 1.75. The Bertz CT molecular complexity index is 889. The van der Waals surface area contributed by atoms with Crippen molar-refractivity contribution in [2.24, 2.45) is 4.99 Å². The van der Waals surface area contributed by atoms with Gasteiger partial charge in [-0.1, -0.05) is 24.6 Å². The van der Waals surface area contributed by atoms with E-state index in [1.165, 1.54) is 4.88 Å². The van der Waals surface area contributed by atoms with E-state index in [0.29, 0.717) is 24.5 Å². The van der Waals surface area contributed by atoms with Crippen LogP contribution in [0.25, 0.3) is 0 Å². The molecule has 0 aliphatic carbocycles. The van der Waals surface area contributed by atoms with Gasteiger partial charge in [0.2, 0.25) is 10.0 Å². The first-order valence-electron chi connectivity index (χ1n) is 10.2. The SMILES string of the molecule is CCNC(=NCc1cccc(S(=O)(=O)N2CCCCC2)c1)NCCc1cccs1. The number of aliphatic imine (C=N–C) groups is 1. The van der Waals surface area contributed by atoms with Crippen LogP contribution in [0.2, 0.25) is 0 Å². The second kappa shape index (κ2) is 10.8. The van der Waals surface area contributed by atoms with E-state index in [9.17, 15) is 8.42 Å². The van der Waals surface area contributed by atoms with Gasteiger partial charge in [0.25, 0.3) is 0 Å². The van der Waals surface area contributed by atoms with E-state index in [4.69, 9.17) is 0 Å². The van der Waals surface area contributed by atoms with Gasteiger partial charge in [-0.25, -0.2) is 13.4 Å². The lowest BCUT2D eigenvalue weighted by atomic mass is 10.2. The predicted octanol–water partition coefficient (Wildman–Crippen LogP) is 3.22. The van der Waals surface area contributed by atoms with Crippen molar-refractivity contribution < 1.29 is 8.42 Å². The topological polar surface area (TPSA) is 73.8 Å².